The van der Waals surface area contributed by atoms with Crippen molar-refractivity contribution in [2.45, 2.75) is 232 Å². The molecule has 530 valence electrons. The number of hydrogen-bond acceptors (Lipinski definition) is 16. The van der Waals surface area contributed by atoms with Crippen molar-refractivity contribution >= 4 is 143 Å². The summed E-state index contributed by atoms with van der Waals surface area (Å²) in [4.78, 5) is 33.9. The lowest BCUT2D eigenvalue weighted by Crippen LogP contribution is -2.42. The van der Waals surface area contributed by atoms with Crippen molar-refractivity contribution in [3.63, 3.8) is 0 Å². The molecule has 0 atom stereocenters. The van der Waals surface area contributed by atoms with Gasteiger partial charge in [0.2, 0.25) is 0 Å². The molecule has 0 amide bonds. The standard InChI is InChI=1S/C80H96F2N4O4S8Si2/c1-7-13-19-25-43-99(44-26-20-14-8-2,45-27-21-15-9-3)89-63-51-58(66-38-42-74(96-66)76-62(82)50-60(78-80(76)86-98-84-78)68-36-40-72(94-68)70-34-32-56(54-88)92-70)64(90-100(46-28-22-16-10-4,47-29-23-17-11-5)48-30-24-18-12-6)52-57(63)65-37-41-73(95-65)75-61(81)49-59(77-79(75)85-97-83-77)67-35-39-71(93-67)69-33-31-55(53-87)91-69/h31-42,49-54H,7-30,43-48H2,1-6H3. The minimum absolute atomic E-state index is 0.355. The van der Waals surface area contributed by atoms with Gasteiger partial charge in [-0.3, -0.25) is 9.59 Å². The number of thiophene rings is 6. The van der Waals surface area contributed by atoms with Gasteiger partial charge in [-0.25, -0.2) is 8.78 Å². The Labute approximate surface area is 626 Å². The average Bonchev–Trinajstić information content (AvgIpc) is 1.57. The smallest absolute Gasteiger partial charge is 0.251 e. The number of carbonyl (C=O) groups excluding carboxylic acids is 2. The lowest BCUT2D eigenvalue weighted by Gasteiger charge is -2.36. The first kappa shape index (κ1) is 75.9. The van der Waals surface area contributed by atoms with E-state index in [1.807, 2.05) is 48.5 Å². The highest BCUT2D eigenvalue weighted by atomic mass is 32.1. The fourth-order valence-electron chi connectivity index (χ4n) is 14.1. The lowest BCUT2D eigenvalue weighted by atomic mass is 10.0. The monoisotopic (exact) mass is 1530 g/mol. The van der Waals surface area contributed by atoms with Crippen molar-refractivity contribution in [1.29, 1.82) is 0 Å². The van der Waals surface area contributed by atoms with Gasteiger partial charge in [0.25, 0.3) is 16.6 Å². The van der Waals surface area contributed by atoms with Gasteiger partial charge in [0, 0.05) is 71.0 Å². The Bertz CT molecular complexity index is 4080. The van der Waals surface area contributed by atoms with Gasteiger partial charge in [0.1, 0.15) is 45.2 Å². The Morgan fingerprint density at radius 2 is 0.590 bits per heavy atom. The molecular formula is C80H96F2N4O4S8Si2. The normalized spacial score (nSPS) is 12.1. The van der Waals surface area contributed by atoms with E-state index >= 15 is 8.78 Å². The van der Waals surface area contributed by atoms with Crippen molar-refractivity contribution in [2.24, 2.45) is 0 Å². The first-order chi connectivity index (χ1) is 49.0. The molecule has 8 aromatic heterocycles. The van der Waals surface area contributed by atoms with E-state index in [0.717, 1.165) is 221 Å². The molecule has 100 heavy (non-hydrogen) atoms. The quantitative estimate of drug-likeness (QED) is 0.0211. The molecule has 0 aliphatic carbocycles. The highest BCUT2D eigenvalue weighted by Crippen LogP contribution is 2.53. The number of halogens is 2. The maximum Gasteiger partial charge on any atom is 0.251 e. The van der Waals surface area contributed by atoms with Gasteiger partial charge in [-0.15, -0.1) is 68.0 Å². The predicted octanol–water partition coefficient (Wildman–Crippen LogP) is 29.4. The summed E-state index contributed by atoms with van der Waals surface area (Å²) < 4.78 is 71.3. The molecule has 0 saturated carbocycles. The molecule has 0 aliphatic rings. The van der Waals surface area contributed by atoms with Crippen LogP contribution in [0.5, 0.6) is 11.5 Å². The Kier molecular flexibility index (Phi) is 28.4. The molecule has 8 nitrogen and oxygen atoms in total. The maximum absolute atomic E-state index is 17.6. The van der Waals surface area contributed by atoms with Crippen LogP contribution in [0.1, 0.15) is 215 Å². The van der Waals surface area contributed by atoms with Crippen molar-refractivity contribution in [2.75, 3.05) is 0 Å². The molecule has 0 bridgehead atoms. The number of benzene rings is 3. The summed E-state index contributed by atoms with van der Waals surface area (Å²) in [7, 11) is -5.18. The molecule has 0 N–H and O–H groups in total. The number of aromatic nitrogens is 4. The average molecular weight is 1530 g/mol. The fourth-order valence-corrected chi connectivity index (χ4v) is 30.0. The second-order valence-corrected chi connectivity index (χ2v) is 42.8. The second-order valence-electron chi connectivity index (χ2n) is 27.1. The van der Waals surface area contributed by atoms with Gasteiger partial charge in [0.15, 0.2) is 12.6 Å². The summed E-state index contributed by atoms with van der Waals surface area (Å²) in [6.45, 7) is 13.8. The Morgan fingerprint density at radius 3 is 0.900 bits per heavy atom. The zero-order valence-corrected chi connectivity index (χ0v) is 67.6. The number of carbonyl (C=O) groups is 2. The minimum atomic E-state index is -2.59. The summed E-state index contributed by atoms with van der Waals surface area (Å²) in [6.07, 6.45) is 29.8. The van der Waals surface area contributed by atoms with Crippen LogP contribution in [0.15, 0.2) is 97.1 Å². The zero-order chi connectivity index (χ0) is 69.9. The van der Waals surface area contributed by atoms with Crippen LogP contribution >= 0.6 is 91.5 Å². The van der Waals surface area contributed by atoms with Crippen molar-refractivity contribution in [3.8, 4) is 93.7 Å². The van der Waals surface area contributed by atoms with Crippen LogP contribution < -0.4 is 8.85 Å². The third-order valence-corrected chi connectivity index (χ3v) is 36.5. The zero-order valence-electron chi connectivity index (χ0n) is 59.0. The van der Waals surface area contributed by atoms with E-state index < -0.39 is 16.6 Å². The number of nitrogens with zero attached hydrogens (tertiary/aromatic N) is 4. The minimum Gasteiger partial charge on any atom is -0.543 e. The van der Waals surface area contributed by atoms with E-state index in [0.29, 0.717) is 54.1 Å². The van der Waals surface area contributed by atoms with Crippen LogP contribution in [0.2, 0.25) is 36.3 Å². The van der Waals surface area contributed by atoms with Crippen LogP contribution in [0.4, 0.5) is 8.78 Å². The van der Waals surface area contributed by atoms with Gasteiger partial charge in [0.05, 0.1) is 44.3 Å². The predicted molar refractivity (Wildman–Crippen MR) is 436 cm³/mol. The molecule has 0 aliphatic heterocycles. The fraction of sp³-hybridized carbons (Fsp3) is 0.450. The van der Waals surface area contributed by atoms with Gasteiger partial charge in [-0.05, 0) is 133 Å². The molecule has 11 aromatic rings. The highest BCUT2D eigenvalue weighted by molar-refractivity contribution is 7.25. The van der Waals surface area contributed by atoms with E-state index in [9.17, 15) is 9.59 Å². The van der Waals surface area contributed by atoms with Crippen LogP contribution in [0.25, 0.3) is 104 Å². The summed E-state index contributed by atoms with van der Waals surface area (Å²) in [6, 6.07) is 38.7. The number of hydrogen-bond donors (Lipinski definition) is 0. The second kappa shape index (κ2) is 37.4. The van der Waals surface area contributed by atoms with Gasteiger partial charge in [-0.2, -0.15) is 17.5 Å². The van der Waals surface area contributed by atoms with Gasteiger partial charge >= 0.3 is 0 Å². The molecule has 0 saturated heterocycles. The molecule has 0 unspecified atom stereocenters. The van der Waals surface area contributed by atoms with E-state index in [-0.39, 0.29) is 11.6 Å². The molecule has 3 aromatic carbocycles. The third kappa shape index (κ3) is 18.6. The number of fused-ring (bicyclic) bond motifs is 2. The van der Waals surface area contributed by atoms with Crippen LogP contribution in [-0.4, -0.2) is 46.7 Å². The lowest BCUT2D eigenvalue weighted by molar-refractivity contribution is 0.111. The summed E-state index contributed by atoms with van der Waals surface area (Å²) in [5.74, 6) is 1.01. The Morgan fingerprint density at radius 1 is 0.320 bits per heavy atom. The van der Waals surface area contributed by atoms with Gasteiger partial charge in [-0.1, -0.05) is 196 Å². The first-order valence-corrected chi connectivity index (χ1v) is 48.4. The van der Waals surface area contributed by atoms with E-state index in [1.165, 1.54) is 99.7 Å². The molecule has 11 rings (SSSR count). The van der Waals surface area contributed by atoms with E-state index in [2.05, 4.69) is 77.9 Å². The van der Waals surface area contributed by atoms with Crippen LogP contribution in [0.3, 0.4) is 0 Å². The van der Waals surface area contributed by atoms with Gasteiger partial charge < -0.3 is 8.85 Å². The topological polar surface area (TPSA) is 104 Å². The Balaban J connectivity index is 1.10. The van der Waals surface area contributed by atoms with Crippen LogP contribution in [0, 0.1) is 11.6 Å². The number of unbranched alkanes of at least 4 members (excludes halogenated alkanes) is 18. The SMILES string of the molecule is CCCCCC[Si](CCCCCC)(CCCCCC)Oc1cc(-c2ccc(-c3c(F)cc(-c4ccc(-c5ccc(C=O)s5)s4)c4nsnc34)s2)c(O[Si](CCCCCC)(CCCCCC)CCCCCC)cc1-c1ccc(-c2c(F)cc(-c3ccc(-c4ccc(C=O)s4)s3)c3nsnc23)s1. The summed E-state index contributed by atoms with van der Waals surface area (Å²) in [5.41, 5.74) is 6.64. The summed E-state index contributed by atoms with van der Waals surface area (Å²) >= 11 is 11.4. The molecule has 20 heteroatoms. The summed E-state index contributed by atoms with van der Waals surface area (Å²) in [5, 5.41) is 0. The Hall–Kier alpha value is -5.27. The third-order valence-electron chi connectivity index (χ3n) is 19.6. The van der Waals surface area contributed by atoms with E-state index in [1.54, 1.807) is 57.5 Å². The molecule has 0 spiro atoms. The molecule has 8 heterocycles. The van der Waals surface area contributed by atoms with E-state index in [4.69, 9.17) is 26.3 Å². The largest absolute Gasteiger partial charge is 0.543 e. The number of rotatable bonds is 44. The molecular weight excluding hydrogens is 1430 g/mol. The first-order valence-electron chi connectivity index (χ1n) is 37.0. The van der Waals surface area contributed by atoms with Crippen molar-refractivity contribution < 1.29 is 27.2 Å². The molecule has 0 radical (unpaired) electrons. The van der Waals surface area contributed by atoms with Crippen molar-refractivity contribution in [1.82, 2.24) is 17.5 Å². The van der Waals surface area contributed by atoms with Crippen molar-refractivity contribution in [3.05, 3.63) is 118 Å². The highest BCUT2D eigenvalue weighted by Gasteiger charge is 2.40. The molecule has 0 fully saturated rings. The van der Waals surface area contributed by atoms with Crippen LogP contribution in [-0.2, 0) is 0 Å². The maximum atomic E-state index is 17.6. The number of aldehydes is 2.